The molecule has 2 rings (SSSR count). The Bertz CT molecular complexity index is 527. The number of nitrogens with zero attached hydrogens (tertiary/aromatic N) is 3. The van der Waals surface area contributed by atoms with Crippen molar-refractivity contribution in [1.82, 2.24) is 14.8 Å². The first kappa shape index (κ1) is 12.5. The topological polar surface area (TPSA) is 66.0 Å². The normalized spacial score (nSPS) is 10.6. The zero-order valence-corrected chi connectivity index (χ0v) is 10.1. The van der Waals surface area contributed by atoms with Crippen LogP contribution >= 0.6 is 0 Å². The zero-order chi connectivity index (χ0) is 13.0. The monoisotopic (exact) mass is 250 g/mol. The van der Waals surface area contributed by atoms with Crippen molar-refractivity contribution in [3.05, 3.63) is 41.7 Å². The second-order valence-corrected chi connectivity index (χ2v) is 3.74. The van der Waals surface area contributed by atoms with E-state index in [1.54, 1.807) is 10.7 Å². The molecule has 5 nitrogen and oxygen atoms in total. The molecule has 0 saturated carbocycles. The Kier molecular flexibility index (Phi) is 3.88. The molecule has 2 aromatic rings. The van der Waals surface area contributed by atoms with Crippen LogP contribution in [0.2, 0.25) is 0 Å². The molecule has 0 amide bonds. The Morgan fingerprint density at radius 3 is 3.00 bits per heavy atom. The van der Waals surface area contributed by atoms with Crippen molar-refractivity contribution in [2.75, 3.05) is 0 Å². The van der Waals surface area contributed by atoms with Crippen molar-refractivity contribution in [2.45, 2.75) is 26.6 Å². The van der Waals surface area contributed by atoms with Gasteiger partial charge in [0.25, 0.3) is 0 Å². The molecule has 0 aliphatic heterocycles. The lowest BCUT2D eigenvalue weighted by molar-refractivity contribution is 0.284. The maximum absolute atomic E-state index is 13.0. The van der Waals surface area contributed by atoms with E-state index >= 15 is 0 Å². The van der Waals surface area contributed by atoms with E-state index in [-0.39, 0.29) is 19.0 Å². The van der Waals surface area contributed by atoms with Crippen molar-refractivity contribution in [3.63, 3.8) is 0 Å². The third kappa shape index (κ3) is 2.65. The second kappa shape index (κ2) is 5.59. The third-order valence-corrected chi connectivity index (χ3v) is 2.59. The van der Waals surface area contributed by atoms with Gasteiger partial charge in [-0.05, 0) is 25.1 Å². The van der Waals surface area contributed by atoms with E-state index in [0.717, 1.165) is 12.4 Å². The first-order valence-electron chi connectivity index (χ1n) is 5.72. The Morgan fingerprint density at radius 2 is 2.28 bits per heavy atom. The average molecular weight is 250 g/mol. The molecule has 0 aliphatic carbocycles. The molecule has 0 radical (unpaired) electrons. The molecule has 2 N–H and O–H groups in total. The number of benzene rings is 1. The number of ether oxygens (including phenoxy) is 1. The summed E-state index contributed by atoms with van der Waals surface area (Å²) in [5, 5.41) is 4.04. The average Bonchev–Trinajstić information content (AvgIpc) is 2.84. The molecule has 0 bridgehead atoms. The van der Waals surface area contributed by atoms with Gasteiger partial charge < -0.3 is 10.5 Å². The van der Waals surface area contributed by atoms with E-state index in [4.69, 9.17) is 10.5 Å². The highest BCUT2D eigenvalue weighted by atomic mass is 19.1. The zero-order valence-electron chi connectivity index (χ0n) is 10.1. The van der Waals surface area contributed by atoms with Gasteiger partial charge in [-0.2, -0.15) is 5.10 Å². The molecule has 0 atom stereocenters. The van der Waals surface area contributed by atoms with Crippen molar-refractivity contribution < 1.29 is 9.13 Å². The predicted octanol–water partition coefficient (Wildman–Crippen LogP) is 1.47. The highest BCUT2D eigenvalue weighted by Crippen LogP contribution is 2.20. The van der Waals surface area contributed by atoms with Crippen molar-refractivity contribution in [3.8, 4) is 5.75 Å². The number of nitrogens with two attached hydrogens (primary N) is 1. The van der Waals surface area contributed by atoms with E-state index < -0.39 is 0 Å². The summed E-state index contributed by atoms with van der Waals surface area (Å²) in [4.78, 5) is 4.10. The Morgan fingerprint density at radius 1 is 1.44 bits per heavy atom. The van der Waals surface area contributed by atoms with Crippen LogP contribution in [0, 0.1) is 5.82 Å². The van der Waals surface area contributed by atoms with Gasteiger partial charge in [0.1, 0.15) is 24.5 Å². The van der Waals surface area contributed by atoms with Crippen LogP contribution in [0.15, 0.2) is 24.5 Å². The Labute approximate surface area is 104 Å². The van der Waals surface area contributed by atoms with Crippen LogP contribution in [0.3, 0.4) is 0 Å². The van der Waals surface area contributed by atoms with Crippen molar-refractivity contribution in [1.29, 1.82) is 0 Å². The largest absolute Gasteiger partial charge is 0.485 e. The smallest absolute Gasteiger partial charge is 0.164 e. The summed E-state index contributed by atoms with van der Waals surface area (Å²) in [6.07, 6.45) is 1.48. The molecular weight excluding hydrogens is 235 g/mol. The van der Waals surface area contributed by atoms with Gasteiger partial charge in [0.15, 0.2) is 5.82 Å². The minimum atomic E-state index is -0.320. The molecule has 1 aromatic carbocycles. The molecule has 6 heteroatoms. The van der Waals surface area contributed by atoms with Crippen LogP contribution in [-0.4, -0.2) is 14.8 Å². The quantitative estimate of drug-likeness (QED) is 0.872. The highest BCUT2D eigenvalue weighted by molar-refractivity contribution is 5.33. The Balaban J connectivity index is 2.10. The van der Waals surface area contributed by atoms with Crippen LogP contribution in [0.1, 0.15) is 18.3 Å². The van der Waals surface area contributed by atoms with Crippen molar-refractivity contribution in [2.24, 2.45) is 5.73 Å². The molecular formula is C12H15FN4O. The van der Waals surface area contributed by atoms with Gasteiger partial charge in [-0.3, -0.25) is 0 Å². The first-order valence-corrected chi connectivity index (χ1v) is 5.72. The number of hydrogen-bond donors (Lipinski definition) is 1. The lowest BCUT2D eigenvalue weighted by Gasteiger charge is -2.10. The predicted molar refractivity (Wildman–Crippen MR) is 64.3 cm³/mol. The summed E-state index contributed by atoms with van der Waals surface area (Å²) in [6, 6.07) is 4.29. The number of halogens is 1. The van der Waals surface area contributed by atoms with Crippen LogP contribution < -0.4 is 10.5 Å². The maximum Gasteiger partial charge on any atom is 0.164 e. The van der Waals surface area contributed by atoms with Gasteiger partial charge in [0.05, 0.1) is 0 Å². The molecule has 0 saturated heterocycles. The molecule has 0 fully saturated rings. The Hall–Kier alpha value is -1.95. The first-order chi connectivity index (χ1) is 8.74. The molecule has 0 spiro atoms. The van der Waals surface area contributed by atoms with E-state index in [0.29, 0.717) is 11.3 Å². The molecule has 1 heterocycles. The number of hydrogen-bond acceptors (Lipinski definition) is 4. The third-order valence-electron chi connectivity index (χ3n) is 2.59. The fourth-order valence-corrected chi connectivity index (χ4v) is 1.65. The van der Waals surface area contributed by atoms with Crippen LogP contribution in [0.4, 0.5) is 4.39 Å². The second-order valence-electron chi connectivity index (χ2n) is 3.74. The van der Waals surface area contributed by atoms with E-state index in [1.165, 1.54) is 18.5 Å². The minimum Gasteiger partial charge on any atom is -0.485 e. The summed E-state index contributed by atoms with van der Waals surface area (Å²) >= 11 is 0. The number of aryl methyl sites for hydroxylation is 1. The minimum absolute atomic E-state index is 0.230. The number of aromatic nitrogens is 3. The molecule has 96 valence electrons. The molecule has 0 unspecified atom stereocenters. The van der Waals surface area contributed by atoms with Gasteiger partial charge in [-0.25, -0.2) is 14.1 Å². The lowest BCUT2D eigenvalue weighted by atomic mass is 10.2. The summed E-state index contributed by atoms with van der Waals surface area (Å²) < 4.78 is 20.4. The standard InChI is InChI=1S/C12H15FN4O/c1-2-17-12(15-8-16-17)7-18-11-4-3-10(13)5-9(11)6-14/h3-5,8H,2,6-7,14H2,1H3. The van der Waals surface area contributed by atoms with Gasteiger partial charge >= 0.3 is 0 Å². The van der Waals surface area contributed by atoms with E-state index in [9.17, 15) is 4.39 Å². The molecule has 1 aromatic heterocycles. The summed E-state index contributed by atoms with van der Waals surface area (Å²) in [5.41, 5.74) is 6.18. The van der Waals surface area contributed by atoms with E-state index in [1.807, 2.05) is 6.92 Å². The fourth-order valence-electron chi connectivity index (χ4n) is 1.65. The van der Waals surface area contributed by atoms with Crippen LogP contribution in [0.25, 0.3) is 0 Å². The van der Waals surface area contributed by atoms with Crippen LogP contribution in [-0.2, 0) is 19.7 Å². The van der Waals surface area contributed by atoms with Gasteiger partial charge in [-0.15, -0.1) is 0 Å². The molecule has 18 heavy (non-hydrogen) atoms. The molecule has 0 aliphatic rings. The van der Waals surface area contributed by atoms with E-state index in [2.05, 4.69) is 10.1 Å². The fraction of sp³-hybridized carbons (Fsp3) is 0.333. The SMILES string of the molecule is CCn1ncnc1COc1ccc(F)cc1CN. The maximum atomic E-state index is 13.0. The van der Waals surface area contributed by atoms with Gasteiger partial charge in [0.2, 0.25) is 0 Å². The summed E-state index contributed by atoms with van der Waals surface area (Å²) in [7, 11) is 0. The lowest BCUT2D eigenvalue weighted by Crippen LogP contribution is -2.09. The summed E-state index contributed by atoms with van der Waals surface area (Å²) in [5.74, 6) is 0.980. The van der Waals surface area contributed by atoms with Crippen LogP contribution in [0.5, 0.6) is 5.75 Å². The van der Waals surface area contributed by atoms with Gasteiger partial charge in [0, 0.05) is 18.7 Å². The highest BCUT2D eigenvalue weighted by Gasteiger charge is 2.07. The van der Waals surface area contributed by atoms with Gasteiger partial charge in [-0.1, -0.05) is 0 Å². The number of rotatable bonds is 5. The van der Waals surface area contributed by atoms with Crippen molar-refractivity contribution >= 4 is 0 Å². The summed E-state index contributed by atoms with van der Waals surface area (Å²) in [6.45, 7) is 3.22.